The van der Waals surface area contributed by atoms with E-state index in [4.69, 9.17) is 5.11 Å². The number of hydrogen-bond donors (Lipinski definition) is 3. The summed E-state index contributed by atoms with van der Waals surface area (Å²) in [6.45, 7) is 0. The van der Waals surface area contributed by atoms with Gasteiger partial charge in [-0.1, -0.05) is 19.3 Å². The molecule has 1 atom stereocenters. The first-order valence-electron chi connectivity index (χ1n) is 6.75. The minimum atomic E-state index is -3.25. The maximum atomic E-state index is 11.7. The Morgan fingerprint density at radius 3 is 2.35 bits per heavy atom. The topological polar surface area (TPSA) is 113 Å². The first-order chi connectivity index (χ1) is 9.28. The van der Waals surface area contributed by atoms with Gasteiger partial charge in [-0.15, -0.1) is 0 Å². The van der Waals surface area contributed by atoms with E-state index in [0.29, 0.717) is 0 Å². The molecule has 0 saturated heterocycles. The van der Waals surface area contributed by atoms with E-state index in [2.05, 4.69) is 10.6 Å². The van der Waals surface area contributed by atoms with E-state index in [0.717, 1.165) is 38.4 Å². The van der Waals surface area contributed by atoms with E-state index >= 15 is 0 Å². The Kier molecular flexibility index (Phi) is 6.25. The highest BCUT2D eigenvalue weighted by molar-refractivity contribution is 7.90. The molecule has 20 heavy (non-hydrogen) atoms. The van der Waals surface area contributed by atoms with Gasteiger partial charge in [0.25, 0.3) is 0 Å². The van der Waals surface area contributed by atoms with Crippen molar-refractivity contribution in [1.29, 1.82) is 0 Å². The second kappa shape index (κ2) is 7.47. The molecule has 1 rings (SSSR count). The fraction of sp³-hybridized carbons (Fsp3) is 0.833. The summed E-state index contributed by atoms with van der Waals surface area (Å²) in [6, 6.07) is -1.65. The first kappa shape index (κ1) is 16.7. The Morgan fingerprint density at radius 2 is 1.85 bits per heavy atom. The number of nitrogens with one attached hydrogen (secondary N) is 2. The predicted octanol–water partition coefficient (Wildman–Crippen LogP) is 0.506. The van der Waals surface area contributed by atoms with Gasteiger partial charge in [-0.2, -0.15) is 0 Å². The number of urea groups is 1. The molecule has 0 spiro atoms. The molecule has 0 radical (unpaired) electrons. The third-order valence-corrected chi connectivity index (χ3v) is 4.30. The molecule has 1 fully saturated rings. The van der Waals surface area contributed by atoms with Crippen molar-refractivity contribution < 1.29 is 23.1 Å². The van der Waals surface area contributed by atoms with Crippen LogP contribution in [0.2, 0.25) is 0 Å². The number of amides is 2. The number of rotatable bonds is 6. The Hall–Kier alpha value is -1.31. The molecule has 0 aliphatic heterocycles. The third-order valence-electron chi connectivity index (χ3n) is 3.32. The Labute approximate surface area is 119 Å². The van der Waals surface area contributed by atoms with Gasteiger partial charge in [0.2, 0.25) is 0 Å². The van der Waals surface area contributed by atoms with E-state index < -0.39 is 27.9 Å². The van der Waals surface area contributed by atoms with Crippen molar-refractivity contribution in [2.75, 3.05) is 12.0 Å². The average Bonchev–Trinajstić information content (AvgIpc) is 2.34. The molecule has 1 saturated carbocycles. The minimum absolute atomic E-state index is 0.0769. The smallest absolute Gasteiger partial charge is 0.326 e. The molecule has 1 aliphatic rings. The second-order valence-corrected chi connectivity index (χ2v) is 7.52. The zero-order valence-corrected chi connectivity index (χ0v) is 12.4. The summed E-state index contributed by atoms with van der Waals surface area (Å²) in [5.74, 6) is -1.50. The molecule has 0 aromatic rings. The van der Waals surface area contributed by atoms with Crippen molar-refractivity contribution >= 4 is 21.8 Å². The summed E-state index contributed by atoms with van der Waals surface area (Å²) in [5, 5.41) is 14.0. The Balaban J connectivity index is 2.43. The van der Waals surface area contributed by atoms with Crippen LogP contribution in [0.5, 0.6) is 0 Å². The van der Waals surface area contributed by atoms with E-state index in [1.807, 2.05) is 0 Å². The van der Waals surface area contributed by atoms with Gasteiger partial charge in [-0.25, -0.2) is 18.0 Å². The molecule has 2 amide bonds. The molecule has 1 unspecified atom stereocenters. The highest BCUT2D eigenvalue weighted by Gasteiger charge is 2.23. The Morgan fingerprint density at radius 1 is 1.25 bits per heavy atom. The maximum absolute atomic E-state index is 11.7. The zero-order valence-electron chi connectivity index (χ0n) is 11.6. The van der Waals surface area contributed by atoms with Crippen molar-refractivity contribution in [2.24, 2.45) is 0 Å². The number of carboxylic acids is 1. The summed E-state index contributed by atoms with van der Waals surface area (Å²) < 4.78 is 22.1. The van der Waals surface area contributed by atoms with Crippen LogP contribution in [0.1, 0.15) is 38.5 Å². The SMILES string of the molecule is CS(=O)(=O)CCC(NC(=O)NC1CCCCC1)C(=O)O. The molecular formula is C12H22N2O5S. The second-order valence-electron chi connectivity index (χ2n) is 5.26. The molecule has 0 bridgehead atoms. The number of aliphatic carboxylic acids is 1. The van der Waals surface area contributed by atoms with Gasteiger partial charge in [0.15, 0.2) is 0 Å². The molecule has 8 heteroatoms. The summed E-state index contributed by atoms with van der Waals surface area (Å²) in [4.78, 5) is 22.7. The largest absolute Gasteiger partial charge is 0.480 e. The van der Waals surface area contributed by atoms with Crippen molar-refractivity contribution in [2.45, 2.75) is 50.6 Å². The highest BCUT2D eigenvalue weighted by Crippen LogP contribution is 2.17. The van der Waals surface area contributed by atoms with Gasteiger partial charge < -0.3 is 15.7 Å². The van der Waals surface area contributed by atoms with Crippen LogP contribution in [0.25, 0.3) is 0 Å². The quantitative estimate of drug-likeness (QED) is 0.661. The van der Waals surface area contributed by atoms with Gasteiger partial charge in [-0.05, 0) is 19.3 Å². The maximum Gasteiger partial charge on any atom is 0.326 e. The van der Waals surface area contributed by atoms with E-state index in [1.54, 1.807) is 0 Å². The van der Waals surface area contributed by atoms with Crippen LogP contribution in [-0.2, 0) is 14.6 Å². The molecule has 3 N–H and O–H groups in total. The van der Waals surface area contributed by atoms with Crippen LogP contribution in [0.15, 0.2) is 0 Å². The summed E-state index contributed by atoms with van der Waals surface area (Å²) in [7, 11) is -3.25. The van der Waals surface area contributed by atoms with Gasteiger partial charge in [-0.3, -0.25) is 0 Å². The molecule has 0 aromatic heterocycles. The van der Waals surface area contributed by atoms with Gasteiger partial charge >= 0.3 is 12.0 Å². The van der Waals surface area contributed by atoms with Crippen LogP contribution in [0.4, 0.5) is 4.79 Å². The van der Waals surface area contributed by atoms with Crippen LogP contribution in [0.3, 0.4) is 0 Å². The van der Waals surface area contributed by atoms with Crippen molar-refractivity contribution in [3.8, 4) is 0 Å². The van der Waals surface area contributed by atoms with E-state index in [9.17, 15) is 18.0 Å². The van der Waals surface area contributed by atoms with Gasteiger partial charge in [0.1, 0.15) is 15.9 Å². The third kappa shape index (κ3) is 6.74. The van der Waals surface area contributed by atoms with Crippen LogP contribution < -0.4 is 10.6 Å². The Bertz CT molecular complexity index is 443. The molecule has 116 valence electrons. The summed E-state index contributed by atoms with van der Waals surface area (Å²) in [6.07, 6.45) is 5.97. The normalized spacial score (nSPS) is 18.2. The highest BCUT2D eigenvalue weighted by atomic mass is 32.2. The summed E-state index contributed by atoms with van der Waals surface area (Å²) >= 11 is 0. The van der Waals surface area contributed by atoms with Crippen molar-refractivity contribution in [1.82, 2.24) is 10.6 Å². The predicted molar refractivity (Wildman–Crippen MR) is 74.3 cm³/mol. The number of sulfone groups is 1. The monoisotopic (exact) mass is 306 g/mol. The lowest BCUT2D eigenvalue weighted by atomic mass is 9.96. The molecule has 1 aliphatic carbocycles. The molecule has 0 aromatic carbocycles. The number of carbonyl (C=O) groups excluding carboxylic acids is 1. The summed E-state index contributed by atoms with van der Waals surface area (Å²) in [5.41, 5.74) is 0. The lowest BCUT2D eigenvalue weighted by Crippen LogP contribution is -2.49. The molecular weight excluding hydrogens is 284 g/mol. The van der Waals surface area contributed by atoms with Gasteiger partial charge in [0, 0.05) is 12.3 Å². The van der Waals surface area contributed by atoms with Crippen LogP contribution >= 0.6 is 0 Å². The van der Waals surface area contributed by atoms with E-state index in [1.165, 1.54) is 0 Å². The lowest BCUT2D eigenvalue weighted by molar-refractivity contribution is -0.139. The number of hydrogen-bond acceptors (Lipinski definition) is 4. The molecule has 0 heterocycles. The van der Waals surface area contributed by atoms with Crippen LogP contribution in [0, 0.1) is 0 Å². The minimum Gasteiger partial charge on any atom is -0.480 e. The number of carbonyl (C=O) groups is 2. The lowest BCUT2D eigenvalue weighted by Gasteiger charge is -2.24. The zero-order chi connectivity index (χ0) is 15.2. The van der Waals surface area contributed by atoms with Gasteiger partial charge in [0.05, 0.1) is 5.75 Å². The van der Waals surface area contributed by atoms with Crippen molar-refractivity contribution in [3.05, 3.63) is 0 Å². The van der Waals surface area contributed by atoms with Crippen LogP contribution in [-0.4, -0.2) is 49.6 Å². The average molecular weight is 306 g/mol. The first-order valence-corrected chi connectivity index (χ1v) is 8.81. The fourth-order valence-electron chi connectivity index (χ4n) is 2.22. The van der Waals surface area contributed by atoms with E-state index in [-0.39, 0.29) is 18.2 Å². The van der Waals surface area contributed by atoms with Crippen molar-refractivity contribution in [3.63, 3.8) is 0 Å². The number of carboxylic acid groups (broad SMARTS) is 1. The fourth-order valence-corrected chi connectivity index (χ4v) is 2.89. The molecule has 7 nitrogen and oxygen atoms in total. The standard InChI is InChI=1S/C12H22N2O5S/c1-20(18,19)8-7-10(11(15)16)14-12(17)13-9-5-3-2-4-6-9/h9-10H,2-8H2,1H3,(H,15,16)(H2,13,14,17).